The summed E-state index contributed by atoms with van der Waals surface area (Å²) < 4.78 is 22.6. The molecule has 1 N–H and O–H groups in total. The van der Waals surface area contributed by atoms with Gasteiger partial charge in [-0.3, -0.25) is 4.79 Å². The fourth-order valence-corrected chi connectivity index (χ4v) is 3.51. The van der Waals surface area contributed by atoms with E-state index >= 15 is 0 Å². The lowest BCUT2D eigenvalue weighted by Crippen LogP contribution is -2.23. The molecule has 0 aliphatic rings. The van der Waals surface area contributed by atoms with Crippen molar-refractivity contribution in [2.24, 2.45) is 0 Å². The molecule has 0 aliphatic heterocycles. The number of amides is 1. The summed E-state index contributed by atoms with van der Waals surface area (Å²) in [5.41, 5.74) is 1.09. The van der Waals surface area contributed by atoms with Crippen molar-refractivity contribution in [3.63, 3.8) is 0 Å². The van der Waals surface area contributed by atoms with Gasteiger partial charge in [0.1, 0.15) is 0 Å². The van der Waals surface area contributed by atoms with Crippen molar-refractivity contribution < 1.29 is 23.4 Å². The molecule has 8 heteroatoms. The summed E-state index contributed by atoms with van der Waals surface area (Å²) in [6.45, 7) is 7.47. The fraction of sp³-hybridized carbons (Fsp3) is 0.333. The molecule has 7 nitrogen and oxygen atoms in total. The molecule has 2 aromatic heterocycles. The number of ether oxygens (including phenoxy) is 3. The van der Waals surface area contributed by atoms with Crippen molar-refractivity contribution in [3.8, 4) is 27.9 Å². The number of carbonyl (C=O) groups is 1. The molecule has 0 aliphatic carbocycles. The molecule has 29 heavy (non-hydrogen) atoms. The molecule has 0 atom stereocenters. The normalized spacial score (nSPS) is 10.6. The van der Waals surface area contributed by atoms with Gasteiger partial charge < -0.3 is 23.9 Å². The number of nitrogens with zero attached hydrogens (tertiary/aromatic N) is 1. The Bertz CT molecular complexity index is 909. The third kappa shape index (κ3) is 4.89. The molecule has 0 spiro atoms. The van der Waals surface area contributed by atoms with E-state index < -0.39 is 0 Å². The number of aromatic nitrogens is 1. The Kier molecular flexibility index (Phi) is 7.13. The predicted molar refractivity (Wildman–Crippen MR) is 111 cm³/mol. The van der Waals surface area contributed by atoms with Gasteiger partial charge in [-0.05, 0) is 49.9 Å². The predicted octanol–water partition coefficient (Wildman–Crippen LogP) is 4.53. The first-order valence-corrected chi connectivity index (χ1v) is 10.4. The monoisotopic (exact) mass is 416 g/mol. The maximum atomic E-state index is 12.7. The van der Waals surface area contributed by atoms with Crippen LogP contribution in [-0.4, -0.2) is 30.7 Å². The van der Waals surface area contributed by atoms with Gasteiger partial charge in [0.15, 0.2) is 29.3 Å². The Hall–Kier alpha value is -3.00. The molecule has 154 valence electrons. The smallest absolute Gasteiger partial charge is 0.274 e. The van der Waals surface area contributed by atoms with E-state index in [1.54, 1.807) is 0 Å². The lowest BCUT2D eigenvalue weighted by atomic mass is 10.1. The molecular formula is C21H24N2O5S. The summed E-state index contributed by atoms with van der Waals surface area (Å²) in [5, 5.41) is 4.81. The maximum Gasteiger partial charge on any atom is 0.274 e. The Balaban J connectivity index is 1.79. The summed E-state index contributed by atoms with van der Waals surface area (Å²) >= 11 is 1.49. The van der Waals surface area contributed by atoms with Crippen LogP contribution in [0.3, 0.4) is 0 Å². The summed E-state index contributed by atoms with van der Waals surface area (Å²) in [6.07, 6.45) is 1.28. The van der Waals surface area contributed by atoms with Crippen LogP contribution in [0, 0.1) is 0 Å². The van der Waals surface area contributed by atoms with E-state index in [2.05, 4.69) is 10.3 Å². The number of hydrogen-bond donors (Lipinski definition) is 1. The van der Waals surface area contributed by atoms with E-state index in [9.17, 15) is 4.79 Å². The van der Waals surface area contributed by atoms with Crippen molar-refractivity contribution in [3.05, 3.63) is 47.3 Å². The van der Waals surface area contributed by atoms with E-state index in [4.69, 9.17) is 18.6 Å². The Morgan fingerprint density at radius 2 is 1.79 bits per heavy atom. The van der Waals surface area contributed by atoms with Crippen LogP contribution in [0.1, 0.15) is 36.8 Å². The SMILES string of the molecule is CCOc1cc(CNC(=O)c2ncoc2-c2cccs2)cc(OCC)c1OCC. The van der Waals surface area contributed by atoms with E-state index in [1.807, 2.05) is 50.4 Å². The molecule has 0 fully saturated rings. The highest BCUT2D eigenvalue weighted by atomic mass is 32.1. The van der Waals surface area contributed by atoms with Gasteiger partial charge in [0.25, 0.3) is 5.91 Å². The minimum atomic E-state index is -0.313. The van der Waals surface area contributed by atoms with Gasteiger partial charge in [-0.15, -0.1) is 11.3 Å². The first kappa shape index (κ1) is 20.7. The second-order valence-corrected chi connectivity index (χ2v) is 6.86. The quantitative estimate of drug-likeness (QED) is 0.523. The maximum absolute atomic E-state index is 12.7. The lowest BCUT2D eigenvalue weighted by Gasteiger charge is -2.17. The van der Waals surface area contributed by atoms with Crippen LogP contribution < -0.4 is 19.5 Å². The van der Waals surface area contributed by atoms with Crippen LogP contribution in [-0.2, 0) is 6.54 Å². The Labute approximate surface area is 173 Å². The summed E-state index contributed by atoms with van der Waals surface area (Å²) in [7, 11) is 0. The molecule has 3 aromatic rings. The summed E-state index contributed by atoms with van der Waals surface area (Å²) in [6, 6.07) is 7.48. The second kappa shape index (κ2) is 9.97. The average molecular weight is 416 g/mol. The molecule has 0 saturated carbocycles. The number of thiophene rings is 1. The summed E-state index contributed by atoms with van der Waals surface area (Å²) in [4.78, 5) is 17.6. The molecule has 0 bridgehead atoms. The third-order valence-corrected chi connectivity index (χ3v) is 4.82. The van der Waals surface area contributed by atoms with E-state index in [0.717, 1.165) is 10.4 Å². The molecule has 0 saturated heterocycles. The van der Waals surface area contributed by atoms with Gasteiger partial charge in [0.05, 0.1) is 24.7 Å². The van der Waals surface area contributed by atoms with Gasteiger partial charge in [0, 0.05) is 6.54 Å². The largest absolute Gasteiger partial charge is 0.490 e. The number of carbonyl (C=O) groups excluding carboxylic acids is 1. The van der Waals surface area contributed by atoms with Gasteiger partial charge >= 0.3 is 0 Å². The molecular weight excluding hydrogens is 392 g/mol. The lowest BCUT2D eigenvalue weighted by molar-refractivity contribution is 0.0946. The molecule has 0 unspecified atom stereocenters. The Morgan fingerprint density at radius 3 is 2.38 bits per heavy atom. The molecule has 1 aromatic carbocycles. The molecule has 2 heterocycles. The third-order valence-electron chi connectivity index (χ3n) is 3.95. The van der Waals surface area contributed by atoms with E-state index in [0.29, 0.717) is 42.8 Å². The average Bonchev–Trinajstić information content (AvgIpc) is 3.40. The van der Waals surface area contributed by atoms with Crippen molar-refractivity contribution in [2.75, 3.05) is 19.8 Å². The fourth-order valence-electron chi connectivity index (χ4n) is 2.80. The van der Waals surface area contributed by atoms with Crippen molar-refractivity contribution in [1.29, 1.82) is 0 Å². The first-order valence-electron chi connectivity index (χ1n) is 9.48. The second-order valence-electron chi connectivity index (χ2n) is 5.91. The minimum absolute atomic E-state index is 0.258. The van der Waals surface area contributed by atoms with Gasteiger partial charge in [-0.25, -0.2) is 4.98 Å². The zero-order valence-electron chi connectivity index (χ0n) is 16.7. The van der Waals surface area contributed by atoms with Gasteiger partial charge in [-0.1, -0.05) is 6.07 Å². The van der Waals surface area contributed by atoms with Crippen LogP contribution in [0.4, 0.5) is 0 Å². The number of benzene rings is 1. The van der Waals surface area contributed by atoms with Crippen LogP contribution in [0.15, 0.2) is 40.5 Å². The van der Waals surface area contributed by atoms with Crippen LogP contribution >= 0.6 is 11.3 Å². The number of rotatable bonds is 10. The van der Waals surface area contributed by atoms with Crippen LogP contribution in [0.2, 0.25) is 0 Å². The van der Waals surface area contributed by atoms with Crippen molar-refractivity contribution >= 4 is 17.2 Å². The van der Waals surface area contributed by atoms with Gasteiger partial charge in [0.2, 0.25) is 5.75 Å². The first-order chi connectivity index (χ1) is 14.2. The summed E-state index contributed by atoms with van der Waals surface area (Å²) in [5.74, 6) is 1.90. The minimum Gasteiger partial charge on any atom is -0.490 e. The Morgan fingerprint density at radius 1 is 1.10 bits per heavy atom. The molecule has 0 radical (unpaired) electrons. The highest BCUT2D eigenvalue weighted by Gasteiger charge is 2.20. The standard InChI is InChI=1S/C21H24N2O5S/c1-4-25-15-10-14(11-16(26-5-2)19(15)27-6-3)12-22-21(24)18-20(28-13-23-18)17-8-7-9-29-17/h7-11,13H,4-6,12H2,1-3H3,(H,22,24). The topological polar surface area (TPSA) is 82.8 Å². The molecule has 3 rings (SSSR count). The zero-order chi connectivity index (χ0) is 20.6. The molecule has 1 amide bonds. The van der Waals surface area contributed by atoms with Crippen LogP contribution in [0.25, 0.3) is 10.6 Å². The number of hydrogen-bond acceptors (Lipinski definition) is 7. The van der Waals surface area contributed by atoms with Crippen molar-refractivity contribution in [1.82, 2.24) is 10.3 Å². The highest BCUT2D eigenvalue weighted by molar-refractivity contribution is 7.13. The highest BCUT2D eigenvalue weighted by Crippen LogP contribution is 2.39. The van der Waals surface area contributed by atoms with Crippen LogP contribution in [0.5, 0.6) is 17.2 Å². The van der Waals surface area contributed by atoms with Crippen molar-refractivity contribution in [2.45, 2.75) is 27.3 Å². The van der Waals surface area contributed by atoms with E-state index in [1.165, 1.54) is 17.7 Å². The zero-order valence-corrected chi connectivity index (χ0v) is 17.5. The number of nitrogens with one attached hydrogen (secondary N) is 1. The van der Waals surface area contributed by atoms with Gasteiger partial charge in [-0.2, -0.15) is 0 Å². The number of oxazole rings is 1. The van der Waals surface area contributed by atoms with E-state index in [-0.39, 0.29) is 18.1 Å².